The van der Waals surface area contributed by atoms with E-state index in [0.717, 1.165) is 25.7 Å². The molecule has 0 bridgehead atoms. The Kier molecular flexibility index (Phi) is 3.74. The number of aryl methyl sites for hydroxylation is 1. The third-order valence-electron chi connectivity index (χ3n) is 3.61. The Morgan fingerprint density at radius 3 is 2.67 bits per heavy atom. The van der Waals surface area contributed by atoms with Crippen molar-refractivity contribution in [1.29, 1.82) is 0 Å². The summed E-state index contributed by atoms with van der Waals surface area (Å²) >= 11 is 0. The molecule has 0 radical (unpaired) electrons. The maximum Gasteiger partial charge on any atom is 0.246 e. The zero-order valence-corrected chi connectivity index (χ0v) is 11.6. The highest BCUT2D eigenvalue weighted by molar-refractivity contribution is 7.89. The van der Waals surface area contributed by atoms with Gasteiger partial charge in [0.15, 0.2) is 0 Å². The van der Waals surface area contributed by atoms with E-state index in [1.165, 1.54) is 21.4 Å². The van der Waals surface area contributed by atoms with Gasteiger partial charge in [-0.15, -0.1) is 0 Å². The number of hydrogen-bond acceptors (Lipinski definition) is 4. The Bertz CT molecular complexity index is 511. The summed E-state index contributed by atoms with van der Waals surface area (Å²) in [6, 6.07) is -0.181. The summed E-state index contributed by atoms with van der Waals surface area (Å²) in [7, 11) is -0.172. The van der Waals surface area contributed by atoms with Crippen LogP contribution in [0.1, 0.15) is 25.7 Å². The quantitative estimate of drug-likeness (QED) is 0.858. The standard InChI is InChI=1S/C11H20N4O2S/c1-14-8-9(7-13-14)18(16,17)15(2)11-6-4-3-5-10(11)12/h7-8,10-11H,3-6,12H2,1-2H3. The van der Waals surface area contributed by atoms with Crippen LogP contribution in [0.25, 0.3) is 0 Å². The molecule has 1 saturated carbocycles. The van der Waals surface area contributed by atoms with Crippen LogP contribution in [0.2, 0.25) is 0 Å². The Hall–Kier alpha value is -0.920. The fourth-order valence-electron chi connectivity index (χ4n) is 2.47. The molecule has 2 rings (SSSR count). The molecular weight excluding hydrogens is 252 g/mol. The van der Waals surface area contributed by atoms with Crippen molar-refractivity contribution in [3.8, 4) is 0 Å². The second kappa shape index (κ2) is 4.99. The third-order valence-corrected chi connectivity index (χ3v) is 5.44. The molecule has 0 amide bonds. The lowest BCUT2D eigenvalue weighted by Crippen LogP contribution is -2.50. The summed E-state index contributed by atoms with van der Waals surface area (Å²) < 4.78 is 27.7. The van der Waals surface area contributed by atoms with Crippen molar-refractivity contribution in [3.63, 3.8) is 0 Å². The van der Waals surface area contributed by atoms with Crippen molar-refractivity contribution in [2.45, 2.75) is 42.7 Å². The summed E-state index contributed by atoms with van der Waals surface area (Å²) in [6.45, 7) is 0. The second-order valence-electron chi connectivity index (χ2n) is 4.89. The zero-order valence-electron chi connectivity index (χ0n) is 10.8. The van der Waals surface area contributed by atoms with Crippen LogP contribution in [0.5, 0.6) is 0 Å². The number of hydrogen-bond donors (Lipinski definition) is 1. The molecule has 0 aromatic carbocycles. The van der Waals surface area contributed by atoms with Crippen LogP contribution in [-0.4, -0.2) is 41.6 Å². The van der Waals surface area contributed by atoms with Gasteiger partial charge in [0, 0.05) is 32.4 Å². The van der Waals surface area contributed by atoms with Crippen molar-refractivity contribution in [1.82, 2.24) is 14.1 Å². The zero-order chi connectivity index (χ0) is 13.3. The molecule has 18 heavy (non-hydrogen) atoms. The minimum Gasteiger partial charge on any atom is -0.326 e. The number of sulfonamides is 1. The van der Waals surface area contributed by atoms with E-state index in [0.29, 0.717) is 0 Å². The monoisotopic (exact) mass is 272 g/mol. The molecule has 2 unspecified atom stereocenters. The molecule has 1 aliphatic carbocycles. The Balaban J connectivity index is 2.24. The smallest absolute Gasteiger partial charge is 0.246 e. The average molecular weight is 272 g/mol. The van der Waals surface area contributed by atoms with Crippen LogP contribution in [0, 0.1) is 0 Å². The van der Waals surface area contributed by atoms with Gasteiger partial charge < -0.3 is 5.73 Å². The lowest BCUT2D eigenvalue weighted by atomic mass is 9.91. The molecule has 7 heteroatoms. The molecule has 1 aliphatic rings. The average Bonchev–Trinajstić information content (AvgIpc) is 2.76. The van der Waals surface area contributed by atoms with Crippen LogP contribution in [0.3, 0.4) is 0 Å². The van der Waals surface area contributed by atoms with Crippen LogP contribution < -0.4 is 5.73 Å². The Morgan fingerprint density at radius 2 is 2.11 bits per heavy atom. The maximum atomic E-state index is 12.4. The van der Waals surface area contributed by atoms with Gasteiger partial charge in [-0.25, -0.2) is 8.42 Å². The molecule has 102 valence electrons. The van der Waals surface area contributed by atoms with E-state index in [9.17, 15) is 8.42 Å². The molecule has 0 aliphatic heterocycles. The van der Waals surface area contributed by atoms with E-state index in [4.69, 9.17) is 5.73 Å². The van der Waals surface area contributed by atoms with E-state index in [1.54, 1.807) is 14.1 Å². The number of aromatic nitrogens is 2. The van der Waals surface area contributed by atoms with E-state index in [-0.39, 0.29) is 17.0 Å². The highest BCUT2D eigenvalue weighted by atomic mass is 32.2. The predicted octanol–water partition coefficient (Wildman–Crippen LogP) is 0.311. The molecular formula is C11H20N4O2S. The summed E-state index contributed by atoms with van der Waals surface area (Å²) in [4.78, 5) is 0.227. The third kappa shape index (κ3) is 2.43. The molecule has 1 fully saturated rings. The van der Waals surface area contributed by atoms with Gasteiger partial charge in [-0.1, -0.05) is 12.8 Å². The minimum absolute atomic E-state index is 0.0739. The molecule has 1 aromatic heterocycles. The lowest BCUT2D eigenvalue weighted by molar-refractivity contribution is 0.252. The van der Waals surface area contributed by atoms with E-state index >= 15 is 0 Å². The summed E-state index contributed by atoms with van der Waals surface area (Å²) in [5.74, 6) is 0. The Labute approximate surface area is 108 Å². The fourth-order valence-corrected chi connectivity index (χ4v) is 3.88. The summed E-state index contributed by atoms with van der Waals surface area (Å²) in [5, 5.41) is 3.91. The fraction of sp³-hybridized carbons (Fsp3) is 0.727. The van der Waals surface area contributed by atoms with Gasteiger partial charge in [-0.05, 0) is 12.8 Å². The number of nitrogens with two attached hydrogens (primary N) is 1. The highest BCUT2D eigenvalue weighted by Crippen LogP contribution is 2.25. The van der Waals surface area contributed by atoms with Gasteiger partial charge in [0.1, 0.15) is 4.90 Å². The lowest BCUT2D eigenvalue weighted by Gasteiger charge is -2.34. The molecule has 0 saturated heterocycles. The number of likely N-dealkylation sites (N-methyl/N-ethyl adjacent to an activating group) is 1. The van der Waals surface area contributed by atoms with Crippen molar-refractivity contribution in [3.05, 3.63) is 12.4 Å². The molecule has 1 aromatic rings. The molecule has 2 N–H and O–H groups in total. The van der Waals surface area contributed by atoms with Gasteiger partial charge in [0.2, 0.25) is 10.0 Å². The number of rotatable bonds is 3. The second-order valence-corrected chi connectivity index (χ2v) is 6.88. The van der Waals surface area contributed by atoms with Crippen LogP contribution >= 0.6 is 0 Å². The van der Waals surface area contributed by atoms with Gasteiger partial charge in [0.05, 0.1) is 6.20 Å². The first-order valence-corrected chi connectivity index (χ1v) is 7.59. The Morgan fingerprint density at radius 1 is 1.44 bits per heavy atom. The molecule has 1 heterocycles. The predicted molar refractivity (Wildman–Crippen MR) is 68.4 cm³/mol. The first-order valence-electron chi connectivity index (χ1n) is 6.15. The number of nitrogens with zero attached hydrogens (tertiary/aromatic N) is 3. The minimum atomic E-state index is -3.48. The van der Waals surface area contributed by atoms with Gasteiger partial charge >= 0.3 is 0 Å². The van der Waals surface area contributed by atoms with Crippen molar-refractivity contribution < 1.29 is 8.42 Å². The van der Waals surface area contributed by atoms with E-state index in [1.807, 2.05) is 0 Å². The van der Waals surface area contributed by atoms with E-state index in [2.05, 4.69) is 5.10 Å². The highest BCUT2D eigenvalue weighted by Gasteiger charge is 2.33. The first kappa shape index (κ1) is 13.5. The van der Waals surface area contributed by atoms with Crippen molar-refractivity contribution in [2.75, 3.05) is 7.05 Å². The van der Waals surface area contributed by atoms with Gasteiger partial charge in [-0.3, -0.25) is 4.68 Å². The van der Waals surface area contributed by atoms with Crippen LogP contribution in [0.15, 0.2) is 17.3 Å². The van der Waals surface area contributed by atoms with Crippen LogP contribution in [-0.2, 0) is 17.1 Å². The van der Waals surface area contributed by atoms with Crippen molar-refractivity contribution >= 4 is 10.0 Å². The maximum absolute atomic E-state index is 12.4. The normalized spacial score (nSPS) is 25.6. The SMILES string of the molecule is CN(C1CCCCC1N)S(=O)(=O)c1cnn(C)c1. The van der Waals surface area contributed by atoms with Crippen molar-refractivity contribution in [2.24, 2.45) is 12.8 Å². The first-order chi connectivity index (χ1) is 8.43. The summed E-state index contributed by atoms with van der Waals surface area (Å²) in [6.07, 6.45) is 6.72. The topological polar surface area (TPSA) is 81.2 Å². The largest absolute Gasteiger partial charge is 0.326 e. The summed E-state index contributed by atoms with van der Waals surface area (Å²) in [5.41, 5.74) is 6.03. The van der Waals surface area contributed by atoms with Gasteiger partial charge in [-0.2, -0.15) is 9.40 Å². The molecule has 0 spiro atoms. The molecule has 6 nitrogen and oxygen atoms in total. The van der Waals surface area contributed by atoms with Gasteiger partial charge in [0.25, 0.3) is 0 Å². The van der Waals surface area contributed by atoms with E-state index < -0.39 is 10.0 Å². The molecule has 2 atom stereocenters. The van der Waals surface area contributed by atoms with Crippen LogP contribution in [0.4, 0.5) is 0 Å².